The summed E-state index contributed by atoms with van der Waals surface area (Å²) in [6.45, 7) is 0. The van der Waals surface area contributed by atoms with Gasteiger partial charge in [-0.05, 0) is 19.3 Å². The number of ether oxygens (including phenoxy) is 2. The summed E-state index contributed by atoms with van der Waals surface area (Å²) >= 11 is 0. The number of hydrogen-bond donors (Lipinski definition) is 3. The number of carbonyl (C=O) groups is 1. The first-order valence-corrected chi connectivity index (χ1v) is 8.50. The predicted molar refractivity (Wildman–Crippen MR) is 76.9 cm³/mol. The first-order valence-electron chi connectivity index (χ1n) is 6.82. The largest absolute Gasteiger partial charge is 0.467 e. The molecule has 10 nitrogen and oxygen atoms in total. The third kappa shape index (κ3) is 4.17. The Hall–Kier alpha value is -1.74. The highest BCUT2D eigenvalue weighted by Gasteiger charge is 2.41. The van der Waals surface area contributed by atoms with Crippen molar-refractivity contribution in [3.63, 3.8) is 0 Å². The van der Waals surface area contributed by atoms with Crippen LogP contribution in [-0.2, 0) is 18.8 Å². The fourth-order valence-electron chi connectivity index (χ4n) is 2.56. The van der Waals surface area contributed by atoms with Gasteiger partial charge >= 0.3 is 19.3 Å². The molecule has 1 aromatic rings. The Morgan fingerprint density at radius 3 is 2.70 bits per heavy atom. The molecule has 3 N–H and O–H groups in total. The van der Waals surface area contributed by atoms with E-state index in [0.29, 0.717) is 12.8 Å². The molecule has 0 aliphatic heterocycles. The van der Waals surface area contributed by atoms with Gasteiger partial charge in [0.2, 0.25) is 0 Å². The van der Waals surface area contributed by atoms with Gasteiger partial charge in [0.05, 0.1) is 13.2 Å². The molecule has 128 valence electrons. The second kappa shape index (κ2) is 6.79. The van der Waals surface area contributed by atoms with Gasteiger partial charge in [-0.25, -0.2) is 9.59 Å². The van der Waals surface area contributed by atoms with Crippen molar-refractivity contribution in [2.24, 2.45) is 0 Å². The lowest BCUT2D eigenvalue weighted by Gasteiger charge is -2.21. The average Bonchev–Trinajstić information content (AvgIpc) is 2.91. The van der Waals surface area contributed by atoms with E-state index in [0.717, 1.165) is 7.11 Å². The first-order chi connectivity index (χ1) is 10.7. The van der Waals surface area contributed by atoms with Crippen molar-refractivity contribution in [3.8, 4) is 0 Å². The maximum absolute atomic E-state index is 11.7. The van der Waals surface area contributed by atoms with Gasteiger partial charge in [0, 0.05) is 18.3 Å². The van der Waals surface area contributed by atoms with Crippen molar-refractivity contribution >= 4 is 13.6 Å². The minimum absolute atomic E-state index is 0.277. The number of nitrogens with one attached hydrogen (secondary N) is 1. The lowest BCUT2D eigenvalue weighted by atomic mass is 10.2. The Morgan fingerprint density at radius 1 is 1.43 bits per heavy atom. The predicted octanol–water partition coefficient (Wildman–Crippen LogP) is -0.676. The van der Waals surface area contributed by atoms with Gasteiger partial charge in [-0.2, -0.15) is 0 Å². The molecular formula is C12H17N2O8P. The molecule has 0 bridgehead atoms. The Kier molecular flexibility index (Phi) is 5.20. The molecule has 0 aromatic carbocycles. The summed E-state index contributed by atoms with van der Waals surface area (Å²) in [6.07, 6.45) is 1.93. The van der Waals surface area contributed by atoms with Gasteiger partial charge in [0.1, 0.15) is 0 Å². The Morgan fingerprint density at radius 2 is 2.13 bits per heavy atom. The van der Waals surface area contributed by atoms with Crippen LogP contribution in [0.5, 0.6) is 0 Å². The van der Waals surface area contributed by atoms with E-state index in [1.54, 1.807) is 0 Å². The van der Waals surface area contributed by atoms with Crippen molar-refractivity contribution in [1.29, 1.82) is 0 Å². The zero-order valence-electron chi connectivity index (χ0n) is 12.2. The minimum atomic E-state index is -4.82. The summed E-state index contributed by atoms with van der Waals surface area (Å²) in [7, 11) is -3.82. The van der Waals surface area contributed by atoms with E-state index in [9.17, 15) is 28.7 Å². The third-order valence-electron chi connectivity index (χ3n) is 3.63. The Bertz CT molecular complexity index is 735. The van der Waals surface area contributed by atoms with E-state index >= 15 is 0 Å². The fourth-order valence-corrected chi connectivity index (χ4v) is 3.27. The van der Waals surface area contributed by atoms with Gasteiger partial charge in [-0.15, -0.1) is 0 Å². The summed E-state index contributed by atoms with van der Waals surface area (Å²) < 4.78 is 22.2. The van der Waals surface area contributed by atoms with E-state index in [1.165, 1.54) is 16.8 Å². The van der Waals surface area contributed by atoms with Crippen LogP contribution in [0.3, 0.4) is 0 Å². The molecule has 1 fully saturated rings. The van der Waals surface area contributed by atoms with Gasteiger partial charge in [-0.3, -0.25) is 18.9 Å². The molecule has 0 saturated heterocycles. The molecule has 1 aliphatic carbocycles. The van der Waals surface area contributed by atoms with Gasteiger partial charge < -0.3 is 19.3 Å². The summed E-state index contributed by atoms with van der Waals surface area (Å²) in [5.74, 6) is -3.13. The molecule has 0 radical (unpaired) electrons. The molecule has 1 heterocycles. The molecule has 23 heavy (non-hydrogen) atoms. The highest BCUT2D eigenvalue weighted by Crippen LogP contribution is 2.45. The zero-order chi connectivity index (χ0) is 17.2. The molecule has 11 heteroatoms. The van der Waals surface area contributed by atoms with Gasteiger partial charge in [0.25, 0.3) is 11.4 Å². The number of aromatic nitrogens is 2. The number of aromatic amines is 1. The van der Waals surface area contributed by atoms with Gasteiger partial charge in [0.15, 0.2) is 0 Å². The van der Waals surface area contributed by atoms with Crippen LogP contribution in [0, 0.1) is 0 Å². The average molecular weight is 348 g/mol. The normalized spacial score (nSPS) is 22.7. The van der Waals surface area contributed by atoms with Crippen molar-refractivity contribution in [2.75, 3.05) is 7.11 Å². The van der Waals surface area contributed by atoms with Crippen LogP contribution in [0.25, 0.3) is 0 Å². The van der Waals surface area contributed by atoms with Crippen LogP contribution in [0.15, 0.2) is 21.9 Å². The van der Waals surface area contributed by atoms with Crippen LogP contribution in [0.2, 0.25) is 0 Å². The van der Waals surface area contributed by atoms with Crippen molar-refractivity contribution in [2.45, 2.75) is 37.3 Å². The smallest absolute Gasteiger partial charge is 0.365 e. The fraction of sp³-hybridized carbons (Fsp3) is 0.583. The molecule has 2 rings (SSSR count). The maximum Gasteiger partial charge on any atom is 0.365 e. The van der Waals surface area contributed by atoms with Gasteiger partial charge in [-0.1, -0.05) is 0 Å². The molecule has 3 atom stereocenters. The van der Waals surface area contributed by atoms with E-state index < -0.39 is 36.8 Å². The number of methoxy groups -OCH3 is 1. The van der Waals surface area contributed by atoms with E-state index in [-0.39, 0.29) is 12.5 Å². The molecular weight excluding hydrogens is 331 g/mol. The van der Waals surface area contributed by atoms with Crippen LogP contribution >= 0.6 is 7.60 Å². The summed E-state index contributed by atoms with van der Waals surface area (Å²) in [5.41, 5.74) is -1.08. The lowest BCUT2D eigenvalue weighted by molar-refractivity contribution is -0.152. The monoisotopic (exact) mass is 348 g/mol. The number of rotatable bonds is 5. The van der Waals surface area contributed by atoms with Crippen LogP contribution < -0.4 is 11.2 Å². The van der Waals surface area contributed by atoms with E-state index in [2.05, 4.69) is 9.72 Å². The minimum Gasteiger partial charge on any atom is -0.467 e. The van der Waals surface area contributed by atoms with Crippen molar-refractivity contribution in [1.82, 2.24) is 9.55 Å². The number of nitrogens with zero attached hydrogens (tertiary/aromatic N) is 1. The first kappa shape index (κ1) is 17.6. The summed E-state index contributed by atoms with van der Waals surface area (Å²) in [4.78, 5) is 54.8. The van der Waals surface area contributed by atoms with Crippen LogP contribution in [0.4, 0.5) is 0 Å². The summed E-state index contributed by atoms with van der Waals surface area (Å²) in [5, 5.41) is 0. The topological polar surface area (TPSA) is 148 Å². The highest BCUT2D eigenvalue weighted by atomic mass is 31.2. The number of hydrogen-bond acceptors (Lipinski definition) is 6. The van der Waals surface area contributed by atoms with Crippen LogP contribution in [0.1, 0.15) is 25.3 Å². The molecule has 1 aliphatic rings. The second-order valence-corrected chi connectivity index (χ2v) is 6.85. The van der Waals surface area contributed by atoms with E-state index in [4.69, 9.17) is 4.74 Å². The lowest BCUT2D eigenvalue weighted by Crippen LogP contribution is -2.32. The number of carbonyl (C=O) groups excluding carboxylic acids is 1. The zero-order valence-corrected chi connectivity index (χ0v) is 13.1. The molecule has 1 saturated carbocycles. The second-order valence-electron chi connectivity index (χ2n) is 5.21. The Balaban J connectivity index is 2.10. The third-order valence-corrected chi connectivity index (χ3v) is 4.57. The number of H-pyrrole nitrogens is 1. The van der Waals surface area contributed by atoms with Crippen LogP contribution in [-0.4, -0.2) is 44.4 Å². The molecule has 3 unspecified atom stereocenters. The molecule has 0 spiro atoms. The number of esters is 1. The summed E-state index contributed by atoms with van der Waals surface area (Å²) in [6, 6.07) is 0.919. The van der Waals surface area contributed by atoms with Crippen molar-refractivity contribution < 1.29 is 28.6 Å². The standard InChI is InChI=1S/C12H17N2O8P/c1-21-10(16)11(23(18,19)20)22-8-3-2-7(6-8)14-5-4-9(15)13-12(14)17/h4-5,7-8,11H,2-3,6H2,1H3,(H,13,15,17)(H2,18,19,20). The maximum atomic E-state index is 11.7. The quantitative estimate of drug-likeness (QED) is 0.468. The highest BCUT2D eigenvalue weighted by molar-refractivity contribution is 7.53. The Labute approximate surface area is 130 Å². The molecule has 0 amide bonds. The molecule has 1 aromatic heterocycles. The van der Waals surface area contributed by atoms with E-state index in [1.807, 2.05) is 0 Å². The SMILES string of the molecule is COC(=O)C(OC1CCC(n2ccc(=O)[nH]c2=O)C1)P(=O)(O)O. The van der Waals surface area contributed by atoms with Crippen molar-refractivity contribution in [3.05, 3.63) is 33.1 Å².